The minimum atomic E-state index is -5.15. The Morgan fingerprint density at radius 1 is 0.243 bits per heavy atom. The maximum atomic E-state index is 14.2. The van der Waals surface area contributed by atoms with E-state index >= 15 is 0 Å². The van der Waals surface area contributed by atoms with Crippen LogP contribution in [0.15, 0.2) is 14.7 Å². The molecule has 0 fully saturated rings. The summed E-state index contributed by atoms with van der Waals surface area (Å²) in [6, 6.07) is 0. The molecule has 0 saturated carbocycles. The van der Waals surface area contributed by atoms with Gasteiger partial charge in [0, 0.05) is 0 Å². The van der Waals surface area contributed by atoms with Gasteiger partial charge in [-0.25, -0.2) is 0 Å². The molecule has 0 bridgehead atoms. The molecule has 0 radical (unpaired) electrons. The van der Waals surface area contributed by atoms with Crippen LogP contribution in [0.2, 0.25) is 0 Å². The molecule has 0 aliphatic heterocycles. The van der Waals surface area contributed by atoms with Crippen molar-refractivity contribution in [2.75, 3.05) is 0 Å². The Hall–Kier alpha value is -1.46. The Morgan fingerprint density at radius 3 is 0.541 bits per heavy atom. The molecular weight excluding hydrogens is 806 g/mol. The van der Waals surface area contributed by atoms with Gasteiger partial charge >= 0.3 is 211 Å². The fourth-order valence-electron chi connectivity index (χ4n) is 2.27. The monoisotopic (exact) mass is 806 g/mol. The molecule has 0 heterocycles. The third kappa shape index (κ3) is 5.37. The first-order chi connectivity index (χ1) is 17.1. The summed E-state index contributed by atoms with van der Waals surface area (Å²) in [6.07, 6.45) is 0. The Morgan fingerprint density at radius 2 is 0.378 bits per heavy atom. The van der Waals surface area contributed by atoms with E-state index < -0.39 is 145 Å². The van der Waals surface area contributed by atoms with Gasteiger partial charge in [0.25, 0.3) is 0 Å². The van der Waals surface area contributed by atoms with Crippen LogP contribution < -0.4 is 0 Å². The van der Waals surface area contributed by atoms with Gasteiger partial charge in [0.2, 0.25) is 0 Å². The Kier molecular flexibility index (Phi) is 9.22. The first-order valence-corrected chi connectivity index (χ1v) is 23.6. The van der Waals surface area contributed by atoms with Crippen molar-refractivity contribution < 1.29 is 65.9 Å². The van der Waals surface area contributed by atoms with Crippen LogP contribution in [0.1, 0.15) is 0 Å². The van der Waals surface area contributed by atoms with Crippen LogP contribution in [0.3, 0.4) is 0 Å². The van der Waals surface area contributed by atoms with Crippen LogP contribution in [-0.2, 0) is 0 Å². The number of rotatable bonds is 6. The second kappa shape index (κ2) is 11.3. The van der Waals surface area contributed by atoms with Crippen molar-refractivity contribution in [1.82, 2.24) is 0 Å². The van der Waals surface area contributed by atoms with Crippen LogP contribution in [-0.4, -0.2) is 17.4 Å². The topological polar surface area (TPSA) is 0 Å². The molecule has 0 atom stereocenters. The van der Waals surface area contributed by atoms with Crippen LogP contribution in [0, 0.1) is 87.3 Å². The molecule has 0 nitrogen and oxygen atoms in total. The average Bonchev–Trinajstić information content (AvgIpc) is 2.88. The van der Waals surface area contributed by atoms with E-state index in [0.29, 0.717) is 0 Å². The number of benzene rings is 3. The first kappa shape index (κ1) is 30.1. The first-order valence-electron chi connectivity index (χ1n) is 8.49. The van der Waals surface area contributed by atoms with Crippen LogP contribution in [0.5, 0.6) is 0 Å². The van der Waals surface area contributed by atoms with Gasteiger partial charge in [0.05, 0.1) is 0 Å². The van der Waals surface area contributed by atoms with Gasteiger partial charge < -0.3 is 0 Å². The van der Waals surface area contributed by atoms with Crippen molar-refractivity contribution in [2.45, 2.75) is 14.7 Å². The second-order valence-corrected chi connectivity index (χ2v) is 31.8. The zero-order valence-electron chi connectivity index (χ0n) is 16.3. The molecule has 0 spiro atoms. The molecule has 0 amide bonds. The molecule has 37 heavy (non-hydrogen) atoms. The van der Waals surface area contributed by atoms with Crippen molar-refractivity contribution >= 4 is 42.9 Å². The SMILES string of the molecule is Fc1c(F)c(F)c([S][Bi]([S]c2c(F)c(F)c(F)c(F)c2F)[S]c2c(F)c(F)c(F)c(F)c2F)c(F)c1F. The van der Waals surface area contributed by atoms with Crippen molar-refractivity contribution in [3.05, 3.63) is 87.3 Å². The third-order valence-corrected chi connectivity index (χ3v) is 29.5. The predicted molar refractivity (Wildman–Crippen MR) is 102 cm³/mol. The Bertz CT molecular complexity index is 1170. The molecule has 3 aromatic rings. The number of hydrogen-bond donors (Lipinski definition) is 0. The summed E-state index contributed by atoms with van der Waals surface area (Å²) in [5.41, 5.74) is 0. The zero-order valence-corrected chi connectivity index (χ0v) is 22.3. The van der Waals surface area contributed by atoms with E-state index in [-0.39, 0.29) is 0 Å². The zero-order chi connectivity index (χ0) is 28.1. The molecular formula is C18BiF15S3. The molecule has 3 rings (SSSR count). The fourth-order valence-corrected chi connectivity index (χ4v) is 30.7. The average molecular weight is 806 g/mol. The second-order valence-electron chi connectivity index (χ2n) is 6.19. The van der Waals surface area contributed by atoms with E-state index in [4.69, 9.17) is 0 Å². The maximum absolute atomic E-state index is 14.2. The molecule has 0 N–H and O–H groups in total. The van der Waals surface area contributed by atoms with Gasteiger partial charge in [0.1, 0.15) is 0 Å². The molecule has 0 unspecified atom stereocenters. The summed E-state index contributed by atoms with van der Waals surface area (Å²) in [5.74, 6) is -38.4. The van der Waals surface area contributed by atoms with E-state index in [2.05, 4.69) is 0 Å². The summed E-state index contributed by atoms with van der Waals surface area (Å²) in [7, 11) is -1.43. The summed E-state index contributed by atoms with van der Waals surface area (Å²) in [5, 5.41) is 0. The molecule has 0 aliphatic rings. The summed E-state index contributed by atoms with van der Waals surface area (Å²) >= 11 is -5.15. The molecule has 0 aliphatic carbocycles. The molecule has 200 valence electrons. The Labute approximate surface area is 210 Å². The number of halogens is 15. The normalized spacial score (nSPS) is 11.7. The van der Waals surface area contributed by atoms with E-state index in [1.54, 1.807) is 0 Å². The minimum absolute atomic E-state index is 0.476. The summed E-state index contributed by atoms with van der Waals surface area (Å²) in [6.45, 7) is 0. The van der Waals surface area contributed by atoms with E-state index in [0.717, 1.165) is 0 Å². The van der Waals surface area contributed by atoms with E-state index in [1.807, 2.05) is 0 Å². The van der Waals surface area contributed by atoms with Crippen molar-refractivity contribution in [1.29, 1.82) is 0 Å². The number of hydrogen-bond acceptors (Lipinski definition) is 3. The van der Waals surface area contributed by atoms with Crippen LogP contribution in [0.25, 0.3) is 0 Å². The van der Waals surface area contributed by atoms with Crippen molar-refractivity contribution in [3.63, 3.8) is 0 Å². The fraction of sp³-hybridized carbons (Fsp3) is 0. The Balaban J connectivity index is 2.22. The van der Waals surface area contributed by atoms with Crippen molar-refractivity contribution in [3.8, 4) is 0 Å². The standard InChI is InChI=1S/3C6HF5S.Bi/c3*7-1-2(8)4(10)6(12)5(11)3(1)9;/h3*12H;/q;;;+3/p-3. The molecule has 0 saturated heterocycles. The molecule has 19 heteroatoms. The van der Waals surface area contributed by atoms with Gasteiger partial charge in [-0.15, -0.1) is 0 Å². The summed E-state index contributed by atoms with van der Waals surface area (Å²) in [4.78, 5) is -5.37. The van der Waals surface area contributed by atoms with Crippen LogP contribution in [0.4, 0.5) is 65.9 Å². The van der Waals surface area contributed by atoms with Crippen molar-refractivity contribution in [2.24, 2.45) is 0 Å². The van der Waals surface area contributed by atoms with E-state index in [9.17, 15) is 65.9 Å². The predicted octanol–water partition coefficient (Wildman–Crippen LogP) is 8.43. The van der Waals surface area contributed by atoms with Gasteiger partial charge in [-0.1, -0.05) is 0 Å². The van der Waals surface area contributed by atoms with Crippen LogP contribution >= 0.6 is 25.6 Å². The van der Waals surface area contributed by atoms with Gasteiger partial charge in [-0.05, 0) is 0 Å². The molecule has 3 aromatic carbocycles. The quantitative estimate of drug-likeness (QED) is 0.106. The third-order valence-electron chi connectivity index (χ3n) is 4.01. The van der Waals surface area contributed by atoms with Gasteiger partial charge in [-0.2, -0.15) is 0 Å². The van der Waals surface area contributed by atoms with Gasteiger partial charge in [-0.3, -0.25) is 0 Å². The van der Waals surface area contributed by atoms with Gasteiger partial charge in [0.15, 0.2) is 0 Å². The van der Waals surface area contributed by atoms with E-state index in [1.165, 1.54) is 0 Å². The molecule has 0 aromatic heterocycles. The summed E-state index contributed by atoms with van der Waals surface area (Å²) < 4.78 is 206.